The van der Waals surface area contributed by atoms with Crippen molar-refractivity contribution in [3.63, 3.8) is 0 Å². The molecule has 0 aliphatic rings. The number of nitrogens with zero attached hydrogens (tertiary/aromatic N) is 1. The molecule has 0 radical (unpaired) electrons. The number of aryl methyl sites for hydroxylation is 2. The van der Waals surface area contributed by atoms with Crippen molar-refractivity contribution in [3.8, 4) is 0 Å². The van der Waals surface area contributed by atoms with Gasteiger partial charge in [0.05, 0.1) is 16.0 Å². The number of primary sulfonamides is 1. The summed E-state index contributed by atoms with van der Waals surface area (Å²) in [6, 6.07) is 3.60. The molecule has 2 aromatic heterocycles. The Morgan fingerprint density at radius 2 is 2.04 bits per heavy atom. The van der Waals surface area contributed by atoms with Crippen molar-refractivity contribution in [2.75, 3.05) is 0 Å². The SMILES string of the molecule is Cc1sc2nc([C@H](C)OC(=O)c3ccc(Cl)c(S(N)(=O)=O)c3)[nH]c(=O)c2c1C. The molecule has 0 bridgehead atoms. The molecule has 28 heavy (non-hydrogen) atoms. The second-order valence-electron chi connectivity index (χ2n) is 6.15. The Morgan fingerprint density at radius 3 is 2.68 bits per heavy atom. The first kappa shape index (κ1) is 20.5. The molecule has 1 aromatic carbocycles. The topological polar surface area (TPSA) is 132 Å². The Kier molecular flexibility index (Phi) is 5.32. The second kappa shape index (κ2) is 7.28. The largest absolute Gasteiger partial charge is 0.451 e. The minimum absolute atomic E-state index is 0.0495. The number of benzene rings is 1. The van der Waals surface area contributed by atoms with E-state index in [-0.39, 0.29) is 26.9 Å². The molecule has 3 rings (SSSR count). The van der Waals surface area contributed by atoms with Crippen LogP contribution in [0, 0.1) is 13.8 Å². The van der Waals surface area contributed by atoms with Crippen LogP contribution in [0.1, 0.15) is 39.7 Å². The smallest absolute Gasteiger partial charge is 0.338 e. The van der Waals surface area contributed by atoms with E-state index in [2.05, 4.69) is 9.97 Å². The Bertz CT molecular complexity index is 1260. The Morgan fingerprint density at radius 1 is 1.36 bits per heavy atom. The maximum absolute atomic E-state index is 12.4. The highest BCUT2D eigenvalue weighted by atomic mass is 35.5. The molecule has 148 valence electrons. The van der Waals surface area contributed by atoms with Crippen LogP contribution in [0.4, 0.5) is 0 Å². The van der Waals surface area contributed by atoms with Crippen LogP contribution >= 0.6 is 22.9 Å². The molecule has 0 spiro atoms. The lowest BCUT2D eigenvalue weighted by Gasteiger charge is -2.13. The van der Waals surface area contributed by atoms with Crippen LogP contribution in [0.25, 0.3) is 10.2 Å². The van der Waals surface area contributed by atoms with Gasteiger partial charge in [0.1, 0.15) is 9.73 Å². The van der Waals surface area contributed by atoms with E-state index in [0.29, 0.717) is 10.2 Å². The molecule has 3 N–H and O–H groups in total. The number of halogens is 1. The number of carbonyl (C=O) groups is 1. The first-order valence-corrected chi connectivity index (χ1v) is 10.8. The van der Waals surface area contributed by atoms with Crippen LogP contribution in [0.2, 0.25) is 5.02 Å². The Labute approximate surface area is 169 Å². The molecule has 11 heteroatoms. The molecule has 8 nitrogen and oxygen atoms in total. The molecule has 0 unspecified atom stereocenters. The lowest BCUT2D eigenvalue weighted by atomic mass is 10.2. The second-order valence-corrected chi connectivity index (χ2v) is 9.29. The number of sulfonamides is 1. The number of nitrogens with one attached hydrogen (secondary N) is 1. The third-order valence-electron chi connectivity index (χ3n) is 4.20. The van der Waals surface area contributed by atoms with E-state index in [4.69, 9.17) is 21.5 Å². The van der Waals surface area contributed by atoms with E-state index < -0.39 is 22.1 Å². The maximum Gasteiger partial charge on any atom is 0.338 e. The number of ether oxygens (including phenoxy) is 1. The molecule has 1 atom stereocenters. The van der Waals surface area contributed by atoms with E-state index in [0.717, 1.165) is 16.5 Å². The van der Waals surface area contributed by atoms with Gasteiger partial charge in [-0.05, 0) is 44.5 Å². The summed E-state index contributed by atoms with van der Waals surface area (Å²) in [5, 5.41) is 5.50. The lowest BCUT2D eigenvalue weighted by Crippen LogP contribution is -2.18. The molecule has 0 amide bonds. The number of nitrogens with two attached hydrogens (primary N) is 1. The van der Waals surface area contributed by atoms with Crippen molar-refractivity contribution in [1.29, 1.82) is 0 Å². The summed E-state index contributed by atoms with van der Waals surface area (Å²) in [5.74, 6) is -0.622. The fourth-order valence-electron chi connectivity index (χ4n) is 2.60. The third-order valence-corrected chi connectivity index (χ3v) is 6.69. The van der Waals surface area contributed by atoms with Gasteiger partial charge in [-0.15, -0.1) is 11.3 Å². The van der Waals surface area contributed by atoms with Crippen LogP contribution in [-0.4, -0.2) is 24.4 Å². The highest BCUT2D eigenvalue weighted by molar-refractivity contribution is 7.89. The van der Waals surface area contributed by atoms with Crippen molar-refractivity contribution in [2.24, 2.45) is 5.14 Å². The fourth-order valence-corrected chi connectivity index (χ4v) is 4.70. The number of esters is 1. The molecule has 3 aromatic rings. The number of thiophene rings is 1. The number of hydrogen-bond acceptors (Lipinski definition) is 7. The normalized spacial score (nSPS) is 12.9. The number of rotatable bonds is 4. The molecular formula is C17H16ClN3O5S2. The first-order chi connectivity index (χ1) is 13.0. The van der Waals surface area contributed by atoms with Crippen molar-refractivity contribution in [3.05, 3.63) is 55.4 Å². The maximum atomic E-state index is 12.4. The van der Waals surface area contributed by atoms with Gasteiger partial charge in [0, 0.05) is 4.88 Å². The predicted molar refractivity (Wildman–Crippen MR) is 106 cm³/mol. The molecule has 0 aliphatic carbocycles. The van der Waals surface area contributed by atoms with Crippen molar-refractivity contribution in [1.82, 2.24) is 9.97 Å². The number of aromatic amines is 1. The zero-order chi connectivity index (χ0) is 20.8. The number of fused-ring (bicyclic) bond motifs is 1. The summed E-state index contributed by atoms with van der Waals surface area (Å²) in [7, 11) is -4.10. The Hall–Kier alpha value is -2.27. The van der Waals surface area contributed by atoms with Gasteiger partial charge >= 0.3 is 5.97 Å². The monoisotopic (exact) mass is 441 g/mol. The predicted octanol–water partition coefficient (Wildman–Crippen LogP) is 2.82. The van der Waals surface area contributed by atoms with Gasteiger partial charge in [-0.3, -0.25) is 4.79 Å². The molecular weight excluding hydrogens is 426 g/mol. The summed E-state index contributed by atoms with van der Waals surface area (Å²) < 4.78 is 28.4. The standard InChI is InChI=1S/C17H16ClN3O5S2/c1-7-9(3)27-16-13(7)15(22)20-14(21-16)8(2)26-17(23)10-4-5-11(18)12(6-10)28(19,24)25/h4-6,8H,1-3H3,(H2,19,24,25)(H,20,21,22)/t8-/m0/s1. The quantitative estimate of drug-likeness (QED) is 0.598. The van der Waals surface area contributed by atoms with E-state index in [1.54, 1.807) is 6.92 Å². The molecule has 2 heterocycles. The minimum Gasteiger partial charge on any atom is -0.451 e. The van der Waals surface area contributed by atoms with Gasteiger partial charge in [-0.1, -0.05) is 11.6 Å². The molecule has 0 saturated carbocycles. The van der Waals surface area contributed by atoms with Crippen LogP contribution in [0.3, 0.4) is 0 Å². The van der Waals surface area contributed by atoms with Gasteiger partial charge in [-0.2, -0.15) is 0 Å². The zero-order valence-corrected chi connectivity index (χ0v) is 17.5. The van der Waals surface area contributed by atoms with Crippen LogP contribution in [0.5, 0.6) is 0 Å². The van der Waals surface area contributed by atoms with Gasteiger partial charge < -0.3 is 9.72 Å². The number of aromatic nitrogens is 2. The van der Waals surface area contributed by atoms with Crippen LogP contribution < -0.4 is 10.7 Å². The molecule has 0 fully saturated rings. The summed E-state index contributed by atoms with van der Waals surface area (Å²) in [6.07, 6.45) is -0.874. The summed E-state index contributed by atoms with van der Waals surface area (Å²) in [5.41, 5.74) is 0.501. The first-order valence-electron chi connectivity index (χ1n) is 8.02. The zero-order valence-electron chi connectivity index (χ0n) is 15.1. The van der Waals surface area contributed by atoms with E-state index in [1.807, 2.05) is 13.8 Å². The van der Waals surface area contributed by atoms with Crippen molar-refractivity contribution in [2.45, 2.75) is 31.8 Å². The minimum atomic E-state index is -4.10. The third kappa shape index (κ3) is 3.81. The van der Waals surface area contributed by atoms with Gasteiger partial charge in [0.25, 0.3) is 5.56 Å². The number of H-pyrrole nitrogens is 1. The van der Waals surface area contributed by atoms with Crippen LogP contribution in [-0.2, 0) is 14.8 Å². The highest BCUT2D eigenvalue weighted by Crippen LogP contribution is 2.27. The lowest BCUT2D eigenvalue weighted by molar-refractivity contribution is 0.0320. The van der Waals surface area contributed by atoms with Gasteiger partial charge in [-0.25, -0.2) is 23.3 Å². The fraction of sp³-hybridized carbons (Fsp3) is 0.235. The van der Waals surface area contributed by atoms with Crippen molar-refractivity contribution < 1.29 is 17.9 Å². The summed E-state index contributed by atoms with van der Waals surface area (Å²) >= 11 is 7.19. The molecule has 0 aliphatic heterocycles. The number of carbonyl (C=O) groups excluding carboxylic acids is 1. The highest BCUT2D eigenvalue weighted by Gasteiger charge is 2.21. The van der Waals surface area contributed by atoms with E-state index in [9.17, 15) is 18.0 Å². The summed E-state index contributed by atoms with van der Waals surface area (Å²) in [4.78, 5) is 32.9. The van der Waals surface area contributed by atoms with E-state index >= 15 is 0 Å². The van der Waals surface area contributed by atoms with Crippen LogP contribution in [0.15, 0.2) is 27.9 Å². The average molecular weight is 442 g/mol. The number of hydrogen-bond donors (Lipinski definition) is 2. The summed E-state index contributed by atoms with van der Waals surface area (Å²) in [6.45, 7) is 5.29. The van der Waals surface area contributed by atoms with Gasteiger partial charge in [0.2, 0.25) is 10.0 Å². The van der Waals surface area contributed by atoms with E-state index in [1.165, 1.54) is 23.5 Å². The molecule has 0 saturated heterocycles. The average Bonchev–Trinajstić information content (AvgIpc) is 2.88. The van der Waals surface area contributed by atoms with Gasteiger partial charge in [0.15, 0.2) is 11.9 Å². The van der Waals surface area contributed by atoms with Crippen molar-refractivity contribution >= 4 is 49.1 Å². The Balaban J connectivity index is 1.91.